The summed E-state index contributed by atoms with van der Waals surface area (Å²) < 4.78 is 0. The van der Waals surface area contributed by atoms with E-state index in [1.54, 1.807) is 0 Å². The van der Waals surface area contributed by atoms with Gasteiger partial charge in [-0.3, -0.25) is 4.79 Å². The Morgan fingerprint density at radius 1 is 1.35 bits per heavy atom. The highest BCUT2D eigenvalue weighted by atomic mass is 16.3. The van der Waals surface area contributed by atoms with Crippen LogP contribution in [0, 0.1) is 6.92 Å². The van der Waals surface area contributed by atoms with Gasteiger partial charge in [0.2, 0.25) is 0 Å². The SMILES string of the molecule is CCc1nnc(C)cc1C(=O)N1C2CCC1CC(O)C2. The Hall–Kier alpha value is -1.49. The van der Waals surface area contributed by atoms with Crippen LogP contribution in [0.2, 0.25) is 0 Å². The van der Waals surface area contributed by atoms with Crippen molar-refractivity contribution in [2.75, 3.05) is 0 Å². The van der Waals surface area contributed by atoms with Gasteiger partial charge in [-0.2, -0.15) is 10.2 Å². The second kappa shape index (κ2) is 5.13. The van der Waals surface area contributed by atoms with Crippen molar-refractivity contribution in [3.8, 4) is 0 Å². The molecule has 0 spiro atoms. The highest BCUT2D eigenvalue weighted by molar-refractivity contribution is 5.96. The van der Waals surface area contributed by atoms with Gasteiger partial charge in [0.05, 0.1) is 23.1 Å². The monoisotopic (exact) mass is 275 g/mol. The lowest BCUT2D eigenvalue weighted by atomic mass is 9.98. The molecule has 5 nitrogen and oxygen atoms in total. The number of piperidine rings is 1. The summed E-state index contributed by atoms with van der Waals surface area (Å²) in [5, 5.41) is 18.0. The van der Waals surface area contributed by atoms with Crippen molar-refractivity contribution in [1.29, 1.82) is 0 Å². The number of hydrogen-bond acceptors (Lipinski definition) is 4. The van der Waals surface area contributed by atoms with Gasteiger partial charge in [0.25, 0.3) is 5.91 Å². The Kier molecular flexibility index (Phi) is 3.46. The van der Waals surface area contributed by atoms with E-state index in [1.807, 2.05) is 24.8 Å². The van der Waals surface area contributed by atoms with Crippen LogP contribution in [0.25, 0.3) is 0 Å². The summed E-state index contributed by atoms with van der Waals surface area (Å²) in [5.41, 5.74) is 2.23. The van der Waals surface area contributed by atoms with E-state index < -0.39 is 0 Å². The van der Waals surface area contributed by atoms with Crippen molar-refractivity contribution in [3.05, 3.63) is 23.0 Å². The van der Waals surface area contributed by atoms with Gasteiger partial charge in [0.15, 0.2) is 0 Å². The Morgan fingerprint density at radius 3 is 2.60 bits per heavy atom. The number of nitrogens with zero attached hydrogens (tertiary/aromatic N) is 3. The summed E-state index contributed by atoms with van der Waals surface area (Å²) in [7, 11) is 0. The molecule has 2 unspecified atom stereocenters. The molecule has 0 radical (unpaired) electrons. The molecule has 2 bridgehead atoms. The summed E-state index contributed by atoms with van der Waals surface area (Å²) in [6.45, 7) is 3.85. The van der Waals surface area contributed by atoms with Gasteiger partial charge in [0, 0.05) is 12.1 Å². The van der Waals surface area contributed by atoms with Gasteiger partial charge in [-0.15, -0.1) is 0 Å². The van der Waals surface area contributed by atoms with Crippen LogP contribution in [0.15, 0.2) is 6.07 Å². The van der Waals surface area contributed by atoms with E-state index in [-0.39, 0.29) is 24.1 Å². The molecule has 2 aliphatic rings. The summed E-state index contributed by atoms with van der Waals surface area (Å²) in [4.78, 5) is 14.9. The summed E-state index contributed by atoms with van der Waals surface area (Å²) in [5.74, 6) is 0.0688. The normalized spacial score (nSPS) is 28.8. The van der Waals surface area contributed by atoms with Gasteiger partial charge in [-0.05, 0) is 45.1 Å². The summed E-state index contributed by atoms with van der Waals surface area (Å²) in [6.07, 6.45) is 3.89. The predicted octanol–water partition coefficient (Wildman–Crippen LogP) is 1.48. The maximum Gasteiger partial charge on any atom is 0.256 e. The quantitative estimate of drug-likeness (QED) is 0.887. The van der Waals surface area contributed by atoms with Crippen molar-refractivity contribution in [2.45, 2.75) is 64.1 Å². The van der Waals surface area contributed by atoms with Gasteiger partial charge in [-0.25, -0.2) is 0 Å². The number of aryl methyl sites for hydroxylation is 2. The number of aliphatic hydroxyl groups excluding tert-OH is 1. The van der Waals surface area contributed by atoms with E-state index in [4.69, 9.17) is 0 Å². The van der Waals surface area contributed by atoms with Gasteiger partial charge < -0.3 is 10.0 Å². The number of aliphatic hydroxyl groups is 1. The van der Waals surface area contributed by atoms with E-state index in [1.165, 1.54) is 0 Å². The number of aromatic nitrogens is 2. The second-order valence-corrected chi connectivity index (χ2v) is 5.92. The third kappa shape index (κ3) is 2.20. The second-order valence-electron chi connectivity index (χ2n) is 5.92. The zero-order valence-electron chi connectivity index (χ0n) is 12.0. The maximum absolute atomic E-state index is 12.9. The fourth-order valence-electron chi connectivity index (χ4n) is 3.58. The summed E-state index contributed by atoms with van der Waals surface area (Å²) >= 11 is 0. The number of hydrogen-bond donors (Lipinski definition) is 1. The summed E-state index contributed by atoms with van der Waals surface area (Å²) in [6, 6.07) is 2.22. The Morgan fingerprint density at radius 2 is 2.00 bits per heavy atom. The van der Waals surface area contributed by atoms with Crippen LogP contribution in [-0.2, 0) is 6.42 Å². The maximum atomic E-state index is 12.9. The number of fused-ring (bicyclic) bond motifs is 2. The average Bonchev–Trinajstić information content (AvgIpc) is 2.70. The zero-order valence-corrected chi connectivity index (χ0v) is 12.0. The molecule has 1 amide bonds. The fraction of sp³-hybridized carbons (Fsp3) is 0.667. The molecule has 2 atom stereocenters. The molecule has 20 heavy (non-hydrogen) atoms. The Balaban J connectivity index is 1.92. The van der Waals surface area contributed by atoms with Gasteiger partial charge in [0.1, 0.15) is 0 Å². The lowest BCUT2D eigenvalue weighted by Gasteiger charge is -2.37. The first-order valence-corrected chi connectivity index (χ1v) is 7.44. The van der Waals surface area contributed by atoms with E-state index >= 15 is 0 Å². The van der Waals surface area contributed by atoms with E-state index in [9.17, 15) is 9.90 Å². The van der Waals surface area contributed by atoms with Crippen LogP contribution in [0.1, 0.15) is 54.4 Å². The number of carbonyl (C=O) groups is 1. The molecule has 0 aliphatic carbocycles. The minimum Gasteiger partial charge on any atom is -0.393 e. The van der Waals surface area contributed by atoms with Crippen LogP contribution >= 0.6 is 0 Å². The van der Waals surface area contributed by atoms with Crippen LogP contribution < -0.4 is 0 Å². The molecule has 0 saturated carbocycles. The molecular formula is C15H21N3O2. The minimum absolute atomic E-state index is 0.0688. The van der Waals surface area contributed by atoms with Crippen LogP contribution in [-0.4, -0.2) is 44.3 Å². The number of amides is 1. The zero-order chi connectivity index (χ0) is 14.3. The van der Waals surface area contributed by atoms with E-state index in [0.717, 1.165) is 24.2 Å². The topological polar surface area (TPSA) is 66.3 Å². The highest BCUT2D eigenvalue weighted by Gasteiger charge is 2.43. The molecule has 108 valence electrons. The lowest BCUT2D eigenvalue weighted by Crippen LogP contribution is -2.48. The van der Waals surface area contributed by atoms with Gasteiger partial charge >= 0.3 is 0 Å². The molecule has 0 aromatic carbocycles. The molecule has 1 N–H and O–H groups in total. The predicted molar refractivity (Wildman–Crippen MR) is 74.4 cm³/mol. The molecule has 3 rings (SSSR count). The Bertz CT molecular complexity index is 518. The van der Waals surface area contributed by atoms with Crippen LogP contribution in [0.3, 0.4) is 0 Å². The first-order valence-electron chi connectivity index (χ1n) is 7.44. The molecular weight excluding hydrogens is 254 g/mol. The molecule has 1 aromatic heterocycles. The molecule has 5 heteroatoms. The van der Waals surface area contributed by atoms with Crippen molar-refractivity contribution >= 4 is 5.91 Å². The van der Waals surface area contributed by atoms with Crippen LogP contribution in [0.5, 0.6) is 0 Å². The lowest BCUT2D eigenvalue weighted by molar-refractivity contribution is 0.0285. The average molecular weight is 275 g/mol. The van der Waals surface area contributed by atoms with E-state index in [2.05, 4.69) is 10.2 Å². The standard InChI is InChI=1S/C15H21N3O2/c1-3-14-13(6-9(2)16-17-14)15(20)18-10-4-5-11(18)8-12(19)7-10/h6,10-12,19H,3-5,7-8H2,1-2H3. The van der Waals surface area contributed by atoms with Crippen molar-refractivity contribution in [1.82, 2.24) is 15.1 Å². The van der Waals surface area contributed by atoms with Crippen molar-refractivity contribution in [2.24, 2.45) is 0 Å². The molecule has 2 fully saturated rings. The molecule has 2 saturated heterocycles. The fourth-order valence-corrected chi connectivity index (χ4v) is 3.58. The minimum atomic E-state index is -0.250. The van der Waals surface area contributed by atoms with Crippen molar-refractivity contribution < 1.29 is 9.90 Å². The Labute approximate surface area is 119 Å². The molecule has 3 heterocycles. The smallest absolute Gasteiger partial charge is 0.256 e. The molecule has 2 aliphatic heterocycles. The third-order valence-electron chi connectivity index (χ3n) is 4.50. The first-order chi connectivity index (χ1) is 9.60. The third-order valence-corrected chi connectivity index (χ3v) is 4.50. The number of rotatable bonds is 2. The van der Waals surface area contributed by atoms with Crippen LogP contribution in [0.4, 0.5) is 0 Å². The van der Waals surface area contributed by atoms with Gasteiger partial charge in [-0.1, -0.05) is 6.92 Å². The highest BCUT2D eigenvalue weighted by Crippen LogP contribution is 2.37. The molecule has 1 aromatic rings. The van der Waals surface area contributed by atoms with E-state index in [0.29, 0.717) is 24.8 Å². The number of carbonyl (C=O) groups excluding carboxylic acids is 1. The van der Waals surface area contributed by atoms with Crippen molar-refractivity contribution in [3.63, 3.8) is 0 Å². The largest absolute Gasteiger partial charge is 0.393 e. The first kappa shape index (κ1) is 13.5.